The highest BCUT2D eigenvalue weighted by atomic mass is 35.5. The molecule has 3 rings (SSSR count). The Labute approximate surface area is 183 Å². The quantitative estimate of drug-likeness (QED) is 0.513. The van der Waals surface area contributed by atoms with Gasteiger partial charge in [0.05, 0.1) is 34.3 Å². The minimum atomic E-state index is -2.84. The summed E-state index contributed by atoms with van der Waals surface area (Å²) in [5.74, 6) is 4.82. The molecule has 0 radical (unpaired) electrons. The minimum Gasteiger partial charge on any atom is -0.324 e. The molecule has 0 aromatic carbocycles. The molecule has 6 nitrogen and oxygen atoms in total. The van der Waals surface area contributed by atoms with E-state index in [-0.39, 0.29) is 23.0 Å². The molecule has 30 heavy (non-hydrogen) atoms. The molecular weight excluding hydrogens is 461 g/mol. The first-order chi connectivity index (χ1) is 14.3. The van der Waals surface area contributed by atoms with Crippen LogP contribution in [0.2, 0.25) is 0 Å². The lowest BCUT2D eigenvalue weighted by Crippen LogP contribution is -2.28. The maximum atomic E-state index is 13.7. The summed E-state index contributed by atoms with van der Waals surface area (Å²) in [4.78, 5) is 24.1. The van der Waals surface area contributed by atoms with Gasteiger partial charge in [0.1, 0.15) is 5.37 Å². The first-order valence-electron chi connectivity index (χ1n) is 8.83. The summed E-state index contributed by atoms with van der Waals surface area (Å²) in [7, 11) is 0. The second-order valence-electron chi connectivity index (χ2n) is 6.58. The number of nitriles is 1. The van der Waals surface area contributed by atoms with Crippen LogP contribution in [0.1, 0.15) is 6.42 Å². The lowest BCUT2D eigenvalue weighted by Gasteiger charge is -2.12. The number of alkyl halides is 3. The van der Waals surface area contributed by atoms with E-state index in [1.807, 2.05) is 0 Å². The summed E-state index contributed by atoms with van der Waals surface area (Å²) >= 11 is 8.97. The monoisotopic (exact) mass is 476 g/mol. The van der Waals surface area contributed by atoms with Crippen molar-refractivity contribution in [3.8, 4) is 17.9 Å². The molecule has 0 aliphatic carbocycles. The zero-order valence-corrected chi connectivity index (χ0v) is 17.7. The number of amides is 1. The van der Waals surface area contributed by atoms with Gasteiger partial charge < -0.3 is 9.88 Å². The Balaban J connectivity index is 1.63. The molecule has 0 saturated carbocycles. The Morgan fingerprint density at radius 2 is 2.23 bits per heavy atom. The Morgan fingerprint density at radius 3 is 2.90 bits per heavy atom. The van der Waals surface area contributed by atoms with E-state index in [0.29, 0.717) is 16.7 Å². The summed E-state index contributed by atoms with van der Waals surface area (Å²) < 4.78 is 39.0. The zero-order chi connectivity index (χ0) is 21.8. The predicted molar refractivity (Wildman–Crippen MR) is 111 cm³/mol. The molecular formula is C18H16ClF3N4O2S2. The molecule has 1 aromatic rings. The van der Waals surface area contributed by atoms with Crippen LogP contribution in [0.5, 0.6) is 0 Å². The number of nitrogens with zero attached hydrogens (tertiary/aromatic N) is 2. The molecule has 0 spiro atoms. The number of halogens is 4. The summed E-state index contributed by atoms with van der Waals surface area (Å²) in [6, 6.07) is 2.78. The van der Waals surface area contributed by atoms with Gasteiger partial charge in [0.2, 0.25) is 5.91 Å². The standard InChI is InChI=1S/C18H16ClF3N4O2S2/c19-16-9(1-2-10-8-29-15(5-23)24-10)3-13(30-16)17(27)25-11-4-12(20)18(28)26(6-11)7-14(21)22/h4,6,9-10,13-16,24H,3,7-8H2,(H,25,27). The Bertz CT molecular complexity index is 975. The summed E-state index contributed by atoms with van der Waals surface area (Å²) in [5.41, 5.74) is -1.27. The third-order valence-electron chi connectivity index (χ3n) is 4.36. The van der Waals surface area contributed by atoms with Crippen molar-refractivity contribution in [2.45, 2.75) is 40.8 Å². The maximum absolute atomic E-state index is 13.7. The number of aromatic nitrogens is 1. The Hall–Kier alpha value is -1.79. The van der Waals surface area contributed by atoms with E-state index in [2.05, 4.69) is 28.5 Å². The smallest absolute Gasteiger partial charge is 0.286 e. The van der Waals surface area contributed by atoms with E-state index < -0.39 is 40.2 Å². The maximum Gasteiger partial charge on any atom is 0.286 e. The highest BCUT2D eigenvalue weighted by molar-refractivity contribution is 8.02. The van der Waals surface area contributed by atoms with E-state index in [0.717, 1.165) is 12.3 Å². The number of hydrogen-bond donors (Lipinski definition) is 2. The average Bonchev–Trinajstić information content (AvgIpc) is 3.30. The molecule has 5 atom stereocenters. The van der Waals surface area contributed by atoms with Crippen molar-refractivity contribution in [3.63, 3.8) is 0 Å². The molecule has 2 saturated heterocycles. The fourth-order valence-corrected chi connectivity index (χ4v) is 5.57. The van der Waals surface area contributed by atoms with E-state index in [4.69, 9.17) is 16.9 Å². The number of pyridine rings is 1. The molecule has 2 aliphatic heterocycles. The lowest BCUT2D eigenvalue weighted by atomic mass is 10.1. The number of rotatable bonds is 4. The van der Waals surface area contributed by atoms with Gasteiger partial charge in [-0.2, -0.15) is 5.26 Å². The number of carbonyl (C=O) groups is 1. The number of thioether (sulfide) groups is 2. The van der Waals surface area contributed by atoms with Gasteiger partial charge >= 0.3 is 0 Å². The van der Waals surface area contributed by atoms with Crippen molar-refractivity contribution < 1.29 is 18.0 Å². The van der Waals surface area contributed by atoms with Crippen molar-refractivity contribution in [1.82, 2.24) is 9.88 Å². The fraction of sp³-hybridized carbons (Fsp3) is 0.500. The first kappa shape index (κ1) is 22.9. The van der Waals surface area contributed by atoms with Crippen LogP contribution >= 0.6 is 35.1 Å². The molecule has 12 heteroatoms. The van der Waals surface area contributed by atoms with Crippen LogP contribution in [0, 0.1) is 34.9 Å². The van der Waals surface area contributed by atoms with Gasteiger partial charge in [0.15, 0.2) is 5.82 Å². The highest BCUT2D eigenvalue weighted by Gasteiger charge is 2.37. The molecule has 0 bridgehead atoms. The summed E-state index contributed by atoms with van der Waals surface area (Å²) in [5, 5.41) is 13.5. The van der Waals surface area contributed by atoms with Crippen molar-refractivity contribution in [3.05, 3.63) is 28.4 Å². The highest BCUT2D eigenvalue weighted by Crippen LogP contribution is 2.41. The van der Waals surface area contributed by atoms with Gasteiger partial charge in [-0.05, 0) is 6.42 Å². The van der Waals surface area contributed by atoms with Crippen molar-refractivity contribution in [1.29, 1.82) is 5.26 Å². The average molecular weight is 477 g/mol. The van der Waals surface area contributed by atoms with Crippen LogP contribution in [0.25, 0.3) is 0 Å². The Morgan fingerprint density at radius 1 is 1.47 bits per heavy atom. The summed E-state index contributed by atoms with van der Waals surface area (Å²) in [6.07, 6.45) is -1.50. The molecule has 3 heterocycles. The van der Waals surface area contributed by atoms with Gasteiger partial charge in [-0.15, -0.1) is 35.1 Å². The molecule has 2 aliphatic rings. The Kier molecular flexibility index (Phi) is 7.64. The molecule has 2 fully saturated rings. The third kappa shape index (κ3) is 5.67. The second-order valence-corrected chi connectivity index (χ2v) is 9.80. The number of nitrogens with one attached hydrogen (secondary N) is 2. The molecule has 1 amide bonds. The van der Waals surface area contributed by atoms with Gasteiger partial charge in [0.25, 0.3) is 12.0 Å². The number of hydrogen-bond acceptors (Lipinski definition) is 6. The summed E-state index contributed by atoms with van der Waals surface area (Å²) in [6.45, 7) is -0.973. The fourth-order valence-electron chi connectivity index (χ4n) is 2.95. The number of carbonyl (C=O) groups excluding carboxylic acids is 1. The van der Waals surface area contributed by atoms with E-state index in [1.165, 1.54) is 23.5 Å². The van der Waals surface area contributed by atoms with Crippen molar-refractivity contribution in [2.24, 2.45) is 5.92 Å². The van der Waals surface area contributed by atoms with Crippen LogP contribution in [-0.4, -0.2) is 44.0 Å². The van der Waals surface area contributed by atoms with Crippen molar-refractivity contribution >= 4 is 46.7 Å². The van der Waals surface area contributed by atoms with Crippen LogP contribution < -0.4 is 16.2 Å². The van der Waals surface area contributed by atoms with Crippen LogP contribution in [0.4, 0.5) is 18.9 Å². The van der Waals surface area contributed by atoms with Gasteiger partial charge in [-0.3, -0.25) is 14.9 Å². The van der Waals surface area contributed by atoms with Gasteiger partial charge in [-0.1, -0.05) is 11.8 Å². The largest absolute Gasteiger partial charge is 0.324 e. The van der Waals surface area contributed by atoms with E-state index >= 15 is 0 Å². The molecule has 1 aromatic heterocycles. The number of anilines is 1. The molecule has 2 N–H and O–H groups in total. The van der Waals surface area contributed by atoms with E-state index in [1.54, 1.807) is 0 Å². The van der Waals surface area contributed by atoms with Gasteiger partial charge in [0, 0.05) is 23.9 Å². The van der Waals surface area contributed by atoms with Gasteiger partial charge in [-0.25, -0.2) is 13.2 Å². The van der Waals surface area contributed by atoms with Crippen LogP contribution in [-0.2, 0) is 11.3 Å². The molecule has 5 unspecified atom stereocenters. The minimum absolute atomic E-state index is 0.0891. The molecule has 160 valence electrons. The van der Waals surface area contributed by atoms with E-state index in [9.17, 15) is 22.8 Å². The third-order valence-corrected chi connectivity index (χ3v) is 7.39. The van der Waals surface area contributed by atoms with Crippen molar-refractivity contribution in [2.75, 3.05) is 11.1 Å². The zero-order valence-electron chi connectivity index (χ0n) is 15.3. The lowest BCUT2D eigenvalue weighted by molar-refractivity contribution is -0.115. The second kappa shape index (κ2) is 10.0. The predicted octanol–water partition coefficient (Wildman–Crippen LogP) is 2.44. The normalized spacial score (nSPS) is 28.1. The topological polar surface area (TPSA) is 86.9 Å². The van der Waals surface area contributed by atoms with Crippen LogP contribution in [0.15, 0.2) is 17.1 Å². The first-order valence-corrected chi connectivity index (χ1v) is 11.3. The SMILES string of the molecule is N#CC1NC(C#CC2CC(C(=O)Nc3cc(F)c(=O)n(CC(F)F)c3)SC2Cl)CS1. The van der Waals surface area contributed by atoms with Crippen LogP contribution in [0.3, 0.4) is 0 Å².